The fraction of sp³-hybridized carbons (Fsp3) is 0.333. The smallest absolute Gasteiger partial charge is 0.251 e. The van der Waals surface area contributed by atoms with Crippen LogP contribution in [-0.4, -0.2) is 28.6 Å². The van der Waals surface area contributed by atoms with Crippen LogP contribution in [0.2, 0.25) is 5.02 Å². The average molecular weight is 286 g/mol. The lowest BCUT2D eigenvalue weighted by Crippen LogP contribution is -2.42. The zero-order valence-corrected chi connectivity index (χ0v) is 11.4. The third kappa shape index (κ3) is 3.75. The minimum Gasteiger partial charge on any atom is -0.506 e. The number of amidine groups is 1. The number of nitrogens with zero attached hydrogens (tertiary/aromatic N) is 1. The Hall–Kier alpha value is -1.95. The van der Waals surface area contributed by atoms with E-state index in [9.17, 15) is 9.90 Å². The Bertz CT molecular complexity index is 515. The first-order chi connectivity index (χ1) is 8.77. The van der Waals surface area contributed by atoms with Gasteiger partial charge in [-0.1, -0.05) is 30.6 Å². The van der Waals surface area contributed by atoms with Crippen LogP contribution in [0, 0.1) is 5.41 Å². The van der Waals surface area contributed by atoms with Gasteiger partial charge in [-0.2, -0.15) is 0 Å². The molecule has 0 atom stereocenters. The highest BCUT2D eigenvalue weighted by atomic mass is 35.5. The molecule has 0 aliphatic heterocycles. The molecule has 0 saturated heterocycles. The lowest BCUT2D eigenvalue weighted by Gasteiger charge is -2.23. The van der Waals surface area contributed by atoms with Gasteiger partial charge in [0.25, 0.3) is 5.91 Å². The second-order valence-corrected chi connectivity index (χ2v) is 5.13. The van der Waals surface area contributed by atoms with E-state index in [1.165, 1.54) is 18.2 Å². The van der Waals surface area contributed by atoms with Crippen molar-refractivity contribution in [1.29, 1.82) is 0 Å². The summed E-state index contributed by atoms with van der Waals surface area (Å²) in [5.74, 6) is -0.424. The normalized spacial score (nSPS) is 12.3. The van der Waals surface area contributed by atoms with Crippen LogP contribution in [-0.2, 0) is 0 Å². The molecule has 104 valence electrons. The van der Waals surface area contributed by atoms with E-state index >= 15 is 0 Å². The minimum atomic E-state index is -0.675. The summed E-state index contributed by atoms with van der Waals surface area (Å²) in [6.07, 6.45) is 0. The van der Waals surface area contributed by atoms with Crippen LogP contribution < -0.4 is 11.1 Å². The number of hydrogen-bond acceptors (Lipinski definition) is 4. The molecule has 0 heterocycles. The molecule has 1 aromatic carbocycles. The number of halogens is 1. The Morgan fingerprint density at radius 1 is 1.53 bits per heavy atom. The Morgan fingerprint density at radius 3 is 2.68 bits per heavy atom. The van der Waals surface area contributed by atoms with E-state index in [1.807, 2.05) is 0 Å². The molecule has 6 nitrogen and oxygen atoms in total. The second-order valence-electron chi connectivity index (χ2n) is 4.72. The van der Waals surface area contributed by atoms with Crippen molar-refractivity contribution < 1.29 is 15.1 Å². The van der Waals surface area contributed by atoms with Crippen LogP contribution in [0.3, 0.4) is 0 Å². The molecule has 0 aliphatic carbocycles. The lowest BCUT2D eigenvalue weighted by molar-refractivity contribution is 0.0944. The van der Waals surface area contributed by atoms with Crippen molar-refractivity contribution in [2.75, 3.05) is 6.54 Å². The maximum absolute atomic E-state index is 11.9. The Morgan fingerprint density at radius 2 is 2.16 bits per heavy atom. The van der Waals surface area contributed by atoms with E-state index < -0.39 is 5.41 Å². The number of carbonyl (C=O) groups is 1. The number of rotatable bonds is 4. The maximum Gasteiger partial charge on any atom is 0.251 e. The molecule has 0 unspecified atom stereocenters. The third-order valence-electron chi connectivity index (χ3n) is 2.70. The maximum atomic E-state index is 11.9. The van der Waals surface area contributed by atoms with Crippen LogP contribution >= 0.6 is 11.6 Å². The van der Waals surface area contributed by atoms with Gasteiger partial charge in [0.1, 0.15) is 11.6 Å². The van der Waals surface area contributed by atoms with Gasteiger partial charge in [-0.25, -0.2) is 0 Å². The van der Waals surface area contributed by atoms with E-state index in [2.05, 4.69) is 10.5 Å². The second kappa shape index (κ2) is 5.79. The molecule has 1 amide bonds. The molecule has 0 aliphatic rings. The molecule has 1 aromatic rings. The molecule has 0 aromatic heterocycles. The van der Waals surface area contributed by atoms with E-state index in [4.69, 9.17) is 22.5 Å². The Labute approximate surface area is 115 Å². The molecule has 7 heteroatoms. The number of hydrogen-bond donors (Lipinski definition) is 4. The summed E-state index contributed by atoms with van der Waals surface area (Å²) in [4.78, 5) is 11.9. The highest BCUT2D eigenvalue weighted by Gasteiger charge is 2.24. The highest BCUT2D eigenvalue weighted by molar-refractivity contribution is 6.32. The highest BCUT2D eigenvalue weighted by Crippen LogP contribution is 2.23. The SMILES string of the molecule is CC(C)(CNC(=O)c1ccc(O)c(Cl)c1)/C(N)=N/O. The first-order valence-corrected chi connectivity index (χ1v) is 5.90. The van der Waals surface area contributed by atoms with Gasteiger partial charge >= 0.3 is 0 Å². The largest absolute Gasteiger partial charge is 0.506 e. The molecule has 0 bridgehead atoms. The first-order valence-electron chi connectivity index (χ1n) is 5.52. The number of phenolic OH excluding ortho intramolecular Hbond substituents is 1. The molecule has 19 heavy (non-hydrogen) atoms. The van der Waals surface area contributed by atoms with Gasteiger partial charge in [0.2, 0.25) is 0 Å². The fourth-order valence-corrected chi connectivity index (χ4v) is 1.46. The van der Waals surface area contributed by atoms with Crippen molar-refractivity contribution in [3.8, 4) is 5.75 Å². The van der Waals surface area contributed by atoms with Gasteiger partial charge in [-0.15, -0.1) is 0 Å². The quantitative estimate of drug-likeness (QED) is 0.291. The van der Waals surface area contributed by atoms with Crippen molar-refractivity contribution in [3.63, 3.8) is 0 Å². The van der Waals surface area contributed by atoms with Crippen LogP contribution in [0.5, 0.6) is 5.75 Å². The van der Waals surface area contributed by atoms with Crippen LogP contribution in [0.4, 0.5) is 0 Å². The molecule has 0 radical (unpaired) electrons. The predicted octanol–water partition coefficient (Wildman–Crippen LogP) is 1.55. The van der Waals surface area contributed by atoms with Crippen molar-refractivity contribution in [3.05, 3.63) is 28.8 Å². The number of nitrogens with two attached hydrogens (primary N) is 1. The van der Waals surface area contributed by atoms with Crippen LogP contribution in [0.25, 0.3) is 0 Å². The van der Waals surface area contributed by atoms with Crippen LogP contribution in [0.15, 0.2) is 23.4 Å². The van der Waals surface area contributed by atoms with Crippen LogP contribution in [0.1, 0.15) is 24.2 Å². The Balaban J connectivity index is 2.73. The number of nitrogens with one attached hydrogen (secondary N) is 1. The number of amides is 1. The zero-order chi connectivity index (χ0) is 14.6. The molecule has 5 N–H and O–H groups in total. The standard InChI is InChI=1S/C12H16ClN3O3/c1-12(2,11(14)16-19)6-15-10(18)7-3-4-9(17)8(13)5-7/h3-5,17,19H,6H2,1-2H3,(H2,14,16)(H,15,18). The van der Waals surface area contributed by atoms with Gasteiger partial charge < -0.3 is 21.4 Å². The van der Waals surface area contributed by atoms with E-state index in [-0.39, 0.29) is 29.1 Å². The average Bonchev–Trinajstić information content (AvgIpc) is 2.38. The molecular formula is C12H16ClN3O3. The summed E-state index contributed by atoms with van der Waals surface area (Å²) >= 11 is 5.72. The molecule has 0 saturated carbocycles. The summed E-state index contributed by atoms with van der Waals surface area (Å²) in [5.41, 5.74) is 5.16. The van der Waals surface area contributed by atoms with E-state index in [0.717, 1.165) is 0 Å². The first kappa shape index (κ1) is 15.1. The number of oxime groups is 1. The van der Waals surface area contributed by atoms with Gasteiger partial charge in [0.05, 0.1) is 5.02 Å². The van der Waals surface area contributed by atoms with E-state index in [1.54, 1.807) is 13.8 Å². The zero-order valence-electron chi connectivity index (χ0n) is 10.6. The van der Waals surface area contributed by atoms with Gasteiger partial charge in [-0.3, -0.25) is 4.79 Å². The van der Waals surface area contributed by atoms with Gasteiger partial charge in [0.15, 0.2) is 0 Å². The Kier molecular flexibility index (Phi) is 4.61. The summed E-state index contributed by atoms with van der Waals surface area (Å²) in [6, 6.07) is 4.15. The molecule has 0 fully saturated rings. The summed E-state index contributed by atoms with van der Waals surface area (Å²) in [7, 11) is 0. The molecule has 0 spiro atoms. The van der Waals surface area contributed by atoms with Crippen molar-refractivity contribution >= 4 is 23.3 Å². The van der Waals surface area contributed by atoms with Gasteiger partial charge in [-0.05, 0) is 18.2 Å². The monoisotopic (exact) mass is 285 g/mol. The number of aromatic hydroxyl groups is 1. The lowest BCUT2D eigenvalue weighted by atomic mass is 9.92. The summed E-state index contributed by atoms with van der Waals surface area (Å²) in [5, 5.41) is 23.6. The summed E-state index contributed by atoms with van der Waals surface area (Å²) < 4.78 is 0. The molecule has 1 rings (SSSR count). The number of carbonyl (C=O) groups excluding carboxylic acids is 1. The summed E-state index contributed by atoms with van der Waals surface area (Å²) in [6.45, 7) is 3.65. The fourth-order valence-electron chi connectivity index (χ4n) is 1.28. The third-order valence-corrected chi connectivity index (χ3v) is 3.00. The minimum absolute atomic E-state index is 0.0246. The number of benzene rings is 1. The number of phenols is 1. The van der Waals surface area contributed by atoms with Crippen molar-refractivity contribution in [2.45, 2.75) is 13.8 Å². The predicted molar refractivity (Wildman–Crippen MR) is 72.6 cm³/mol. The van der Waals surface area contributed by atoms with E-state index in [0.29, 0.717) is 5.56 Å². The van der Waals surface area contributed by atoms with Crippen molar-refractivity contribution in [2.24, 2.45) is 16.3 Å². The van der Waals surface area contributed by atoms with Crippen molar-refractivity contribution in [1.82, 2.24) is 5.32 Å². The van der Waals surface area contributed by atoms with Gasteiger partial charge in [0, 0.05) is 17.5 Å². The molecular weight excluding hydrogens is 270 g/mol. The topological polar surface area (TPSA) is 108 Å².